The number of aromatic carboxylic acids is 1. The van der Waals surface area contributed by atoms with Crippen LogP contribution in [0.3, 0.4) is 0 Å². The van der Waals surface area contributed by atoms with Gasteiger partial charge in [-0.1, -0.05) is 0 Å². The highest BCUT2D eigenvalue weighted by molar-refractivity contribution is 5.87. The molecule has 1 aromatic carbocycles. The van der Waals surface area contributed by atoms with Gasteiger partial charge in [0.1, 0.15) is 12.4 Å². The number of rotatable bonds is 5. The van der Waals surface area contributed by atoms with Crippen molar-refractivity contribution in [3.8, 4) is 5.75 Å². The van der Waals surface area contributed by atoms with Gasteiger partial charge in [-0.05, 0) is 50.8 Å². The van der Waals surface area contributed by atoms with Crippen LogP contribution in [0.15, 0.2) is 24.3 Å². The lowest BCUT2D eigenvalue weighted by Crippen LogP contribution is -2.32. The van der Waals surface area contributed by atoms with Gasteiger partial charge in [0.2, 0.25) is 0 Å². The minimum Gasteiger partial charge on any atom is -0.492 e. The topological polar surface area (TPSA) is 53.0 Å². The molecule has 5 heteroatoms. The van der Waals surface area contributed by atoms with E-state index in [0.717, 1.165) is 38.5 Å². The third kappa shape index (κ3) is 4.51. The van der Waals surface area contributed by atoms with Crippen LogP contribution in [0.25, 0.3) is 0 Å². The second-order valence-corrected chi connectivity index (χ2v) is 5.18. The van der Waals surface area contributed by atoms with E-state index in [1.807, 2.05) is 0 Å². The second kappa shape index (κ2) is 7.26. The third-order valence-corrected chi connectivity index (χ3v) is 3.59. The number of hydrogen-bond acceptors (Lipinski definition) is 4. The zero-order chi connectivity index (χ0) is 14.4. The molecule has 1 heterocycles. The van der Waals surface area contributed by atoms with E-state index in [4.69, 9.17) is 9.84 Å². The van der Waals surface area contributed by atoms with Crippen LogP contribution in [0.1, 0.15) is 16.8 Å². The Morgan fingerprint density at radius 2 is 1.95 bits per heavy atom. The normalized spacial score (nSPS) is 17.6. The van der Waals surface area contributed by atoms with E-state index >= 15 is 0 Å². The SMILES string of the molecule is CN1CCCN(CCOc2ccc(C(=O)O)cc2)CC1. The summed E-state index contributed by atoms with van der Waals surface area (Å²) in [7, 11) is 2.16. The number of ether oxygens (including phenoxy) is 1. The lowest BCUT2D eigenvalue weighted by molar-refractivity contribution is 0.0697. The molecule has 5 nitrogen and oxygen atoms in total. The van der Waals surface area contributed by atoms with Crippen molar-refractivity contribution < 1.29 is 14.6 Å². The van der Waals surface area contributed by atoms with Gasteiger partial charge in [-0.2, -0.15) is 0 Å². The Labute approximate surface area is 119 Å². The van der Waals surface area contributed by atoms with Crippen LogP contribution in [-0.2, 0) is 0 Å². The van der Waals surface area contributed by atoms with E-state index in [1.54, 1.807) is 24.3 Å². The monoisotopic (exact) mass is 278 g/mol. The van der Waals surface area contributed by atoms with E-state index in [0.29, 0.717) is 6.61 Å². The third-order valence-electron chi connectivity index (χ3n) is 3.59. The Kier molecular flexibility index (Phi) is 5.38. The molecule has 1 fully saturated rings. The first kappa shape index (κ1) is 14.8. The number of carbonyl (C=O) groups is 1. The standard InChI is InChI=1S/C15H22N2O3/c1-16-7-2-8-17(10-9-16)11-12-20-14-5-3-13(4-6-14)15(18)19/h3-6H,2,7-12H2,1H3,(H,18,19). The molecular formula is C15H22N2O3. The van der Waals surface area contributed by atoms with Gasteiger partial charge in [0.25, 0.3) is 0 Å². The molecule has 0 radical (unpaired) electrons. The quantitative estimate of drug-likeness (QED) is 0.882. The van der Waals surface area contributed by atoms with Gasteiger partial charge in [-0.15, -0.1) is 0 Å². The van der Waals surface area contributed by atoms with Crippen LogP contribution >= 0.6 is 0 Å². The van der Waals surface area contributed by atoms with Crippen molar-refractivity contribution >= 4 is 5.97 Å². The first-order valence-electron chi connectivity index (χ1n) is 7.02. The Morgan fingerprint density at radius 1 is 1.20 bits per heavy atom. The van der Waals surface area contributed by atoms with E-state index in [9.17, 15) is 4.79 Å². The lowest BCUT2D eigenvalue weighted by atomic mass is 10.2. The van der Waals surface area contributed by atoms with Crippen LogP contribution < -0.4 is 4.74 Å². The maximum Gasteiger partial charge on any atom is 0.335 e. The van der Waals surface area contributed by atoms with Gasteiger partial charge in [-0.25, -0.2) is 4.79 Å². The average molecular weight is 278 g/mol. The largest absolute Gasteiger partial charge is 0.492 e. The zero-order valence-electron chi connectivity index (χ0n) is 11.9. The van der Waals surface area contributed by atoms with Crippen LogP contribution in [-0.4, -0.2) is 67.3 Å². The number of carboxylic acid groups (broad SMARTS) is 1. The predicted octanol–water partition coefficient (Wildman–Crippen LogP) is 1.40. The minimum absolute atomic E-state index is 0.285. The fourth-order valence-electron chi connectivity index (χ4n) is 2.31. The summed E-state index contributed by atoms with van der Waals surface area (Å²) in [5, 5.41) is 8.82. The molecule has 1 aliphatic heterocycles. The summed E-state index contributed by atoms with van der Waals surface area (Å²) in [6.07, 6.45) is 1.20. The number of nitrogens with zero attached hydrogens (tertiary/aromatic N) is 2. The summed E-state index contributed by atoms with van der Waals surface area (Å²) in [5.41, 5.74) is 0.285. The molecule has 1 N–H and O–H groups in total. The van der Waals surface area contributed by atoms with E-state index in [1.165, 1.54) is 6.42 Å². The van der Waals surface area contributed by atoms with Gasteiger partial charge in [0.15, 0.2) is 0 Å². The maximum atomic E-state index is 10.7. The highest BCUT2D eigenvalue weighted by Crippen LogP contribution is 2.12. The molecule has 1 aliphatic rings. The molecule has 2 rings (SSSR count). The molecule has 1 aromatic rings. The first-order valence-corrected chi connectivity index (χ1v) is 7.02. The Bertz CT molecular complexity index is 433. The molecule has 0 aromatic heterocycles. The minimum atomic E-state index is -0.912. The fourth-order valence-corrected chi connectivity index (χ4v) is 2.31. The number of benzene rings is 1. The van der Waals surface area contributed by atoms with Crippen LogP contribution in [0.5, 0.6) is 5.75 Å². The molecule has 1 saturated heterocycles. The van der Waals surface area contributed by atoms with Gasteiger partial charge >= 0.3 is 5.97 Å². The zero-order valence-corrected chi connectivity index (χ0v) is 11.9. The first-order chi connectivity index (χ1) is 9.65. The van der Waals surface area contributed by atoms with Gasteiger partial charge < -0.3 is 14.7 Å². The fraction of sp³-hybridized carbons (Fsp3) is 0.533. The summed E-state index contributed by atoms with van der Waals surface area (Å²) >= 11 is 0. The van der Waals surface area contributed by atoms with Crippen molar-refractivity contribution in [1.29, 1.82) is 0 Å². The highest BCUT2D eigenvalue weighted by atomic mass is 16.5. The molecular weight excluding hydrogens is 256 g/mol. The van der Waals surface area contributed by atoms with Crippen molar-refractivity contribution in [1.82, 2.24) is 9.80 Å². The van der Waals surface area contributed by atoms with Gasteiger partial charge in [0, 0.05) is 19.6 Å². The summed E-state index contributed by atoms with van der Waals surface area (Å²) in [5.74, 6) is -0.188. The average Bonchev–Trinajstić information content (AvgIpc) is 2.64. The molecule has 20 heavy (non-hydrogen) atoms. The molecule has 0 aliphatic carbocycles. The van der Waals surface area contributed by atoms with Crippen molar-refractivity contribution in [2.45, 2.75) is 6.42 Å². The smallest absolute Gasteiger partial charge is 0.335 e. The van der Waals surface area contributed by atoms with E-state index < -0.39 is 5.97 Å². The van der Waals surface area contributed by atoms with Crippen molar-refractivity contribution in [3.05, 3.63) is 29.8 Å². The number of likely N-dealkylation sites (N-methyl/N-ethyl adjacent to an activating group) is 1. The molecule has 0 unspecified atom stereocenters. The Hall–Kier alpha value is -1.59. The summed E-state index contributed by atoms with van der Waals surface area (Å²) in [4.78, 5) is 15.5. The molecule has 0 amide bonds. The molecule has 0 spiro atoms. The van der Waals surface area contributed by atoms with Crippen molar-refractivity contribution in [3.63, 3.8) is 0 Å². The van der Waals surface area contributed by atoms with Crippen molar-refractivity contribution in [2.75, 3.05) is 46.4 Å². The maximum absolute atomic E-state index is 10.7. The predicted molar refractivity (Wildman–Crippen MR) is 77.5 cm³/mol. The summed E-state index contributed by atoms with van der Waals surface area (Å²) in [6.45, 7) is 6.01. The number of carboxylic acids is 1. The Morgan fingerprint density at radius 3 is 2.65 bits per heavy atom. The molecule has 110 valence electrons. The van der Waals surface area contributed by atoms with Crippen LogP contribution in [0.4, 0.5) is 0 Å². The summed E-state index contributed by atoms with van der Waals surface area (Å²) in [6, 6.07) is 6.55. The molecule has 0 saturated carbocycles. The van der Waals surface area contributed by atoms with Crippen LogP contribution in [0.2, 0.25) is 0 Å². The molecule has 0 bridgehead atoms. The molecule has 0 atom stereocenters. The van der Waals surface area contributed by atoms with Gasteiger partial charge in [-0.3, -0.25) is 4.90 Å². The van der Waals surface area contributed by atoms with E-state index in [-0.39, 0.29) is 5.56 Å². The van der Waals surface area contributed by atoms with Crippen LogP contribution in [0, 0.1) is 0 Å². The van der Waals surface area contributed by atoms with E-state index in [2.05, 4.69) is 16.8 Å². The number of hydrogen-bond donors (Lipinski definition) is 1. The van der Waals surface area contributed by atoms with Crippen molar-refractivity contribution in [2.24, 2.45) is 0 Å². The second-order valence-electron chi connectivity index (χ2n) is 5.18. The Balaban J connectivity index is 1.73. The highest BCUT2D eigenvalue weighted by Gasteiger charge is 2.11. The lowest BCUT2D eigenvalue weighted by Gasteiger charge is -2.20. The summed E-state index contributed by atoms with van der Waals surface area (Å²) < 4.78 is 5.66. The van der Waals surface area contributed by atoms with Gasteiger partial charge in [0.05, 0.1) is 5.56 Å².